The third-order valence-corrected chi connectivity index (χ3v) is 3.33. The number of fused-ring (bicyclic) bond motifs is 1. The van der Waals surface area contributed by atoms with E-state index in [0.717, 1.165) is 0 Å². The second kappa shape index (κ2) is 7.68. The molecule has 0 saturated carbocycles. The first-order valence-corrected chi connectivity index (χ1v) is 7.27. The Kier molecular flexibility index (Phi) is 6.20. The van der Waals surface area contributed by atoms with Gasteiger partial charge in [0.25, 0.3) is 0 Å². The summed E-state index contributed by atoms with van der Waals surface area (Å²) in [5.41, 5.74) is 0. The van der Waals surface area contributed by atoms with E-state index in [0.29, 0.717) is 13.2 Å². The molecule has 118 valence electrons. The minimum Gasteiger partial charge on any atom is -0.376 e. The summed E-state index contributed by atoms with van der Waals surface area (Å²) in [6, 6.07) is 0. The lowest BCUT2D eigenvalue weighted by atomic mass is 10.0. The van der Waals surface area contributed by atoms with Crippen LogP contribution >= 0.6 is 0 Å². The minimum atomic E-state index is -0.169. The van der Waals surface area contributed by atoms with E-state index in [1.165, 1.54) is 0 Å². The molecule has 0 aromatic heterocycles. The molecule has 6 heteroatoms. The van der Waals surface area contributed by atoms with E-state index >= 15 is 0 Å². The highest BCUT2D eigenvalue weighted by atomic mass is 16.8. The first-order valence-electron chi connectivity index (χ1n) is 7.27. The lowest BCUT2D eigenvalue weighted by Gasteiger charge is -2.44. The molecule has 2 heterocycles. The predicted octanol–water partition coefficient (Wildman–Crippen LogP) is 1.32. The second-order valence-electron chi connectivity index (χ2n) is 5.67. The van der Waals surface area contributed by atoms with Gasteiger partial charge in [0, 0.05) is 0 Å². The number of rotatable bonds is 6. The molecule has 0 radical (unpaired) electrons. The van der Waals surface area contributed by atoms with Crippen LogP contribution in [0.1, 0.15) is 27.7 Å². The zero-order valence-electron chi connectivity index (χ0n) is 12.7. The predicted molar refractivity (Wildman–Crippen MR) is 71.4 cm³/mol. The molecule has 4 unspecified atom stereocenters. The van der Waals surface area contributed by atoms with E-state index in [9.17, 15) is 0 Å². The Hall–Kier alpha value is -0.240. The molecule has 0 spiro atoms. The fourth-order valence-electron chi connectivity index (χ4n) is 2.29. The molecule has 0 aromatic carbocycles. The largest absolute Gasteiger partial charge is 0.376 e. The molecule has 0 bridgehead atoms. The van der Waals surface area contributed by atoms with Crippen LogP contribution in [0.15, 0.2) is 0 Å². The Balaban J connectivity index is 1.90. The number of hydrogen-bond donors (Lipinski definition) is 0. The van der Waals surface area contributed by atoms with Gasteiger partial charge in [-0.25, -0.2) is 0 Å². The molecular formula is C14H26O6. The molecular weight excluding hydrogens is 264 g/mol. The molecule has 2 aliphatic rings. The van der Waals surface area contributed by atoms with Gasteiger partial charge in [-0.05, 0) is 27.7 Å². The maximum Gasteiger partial charge on any atom is 0.147 e. The van der Waals surface area contributed by atoms with Gasteiger partial charge in [-0.3, -0.25) is 0 Å². The van der Waals surface area contributed by atoms with Crippen molar-refractivity contribution in [2.45, 2.75) is 64.3 Å². The molecule has 2 aliphatic heterocycles. The van der Waals surface area contributed by atoms with E-state index in [2.05, 4.69) is 0 Å². The Morgan fingerprint density at radius 3 is 1.50 bits per heavy atom. The topological polar surface area (TPSA) is 55.4 Å². The van der Waals surface area contributed by atoms with E-state index in [4.69, 9.17) is 28.4 Å². The summed E-state index contributed by atoms with van der Waals surface area (Å²) in [4.78, 5) is 0. The molecule has 0 N–H and O–H groups in total. The fraction of sp³-hybridized carbons (Fsp3) is 1.00. The van der Waals surface area contributed by atoms with E-state index < -0.39 is 0 Å². The van der Waals surface area contributed by atoms with Gasteiger partial charge < -0.3 is 28.4 Å². The second-order valence-corrected chi connectivity index (χ2v) is 5.67. The first-order chi connectivity index (χ1) is 9.58. The highest BCUT2D eigenvalue weighted by Gasteiger charge is 2.44. The van der Waals surface area contributed by atoms with Crippen molar-refractivity contribution in [3.63, 3.8) is 0 Å². The molecule has 2 rings (SSSR count). The van der Waals surface area contributed by atoms with Gasteiger partial charge in [0.15, 0.2) is 0 Å². The normalized spacial score (nSPS) is 34.5. The SMILES string of the molecule is CC(C)OCC1OCOC2C(COC(C)C)OCOC12. The zero-order valence-corrected chi connectivity index (χ0v) is 12.7. The van der Waals surface area contributed by atoms with Crippen LogP contribution in [0.4, 0.5) is 0 Å². The standard InChI is InChI=1S/C14H26O6/c1-9(2)15-5-11-13-14(20-7-17-11)12(18-8-19-13)6-16-10(3)4/h9-14H,5-8H2,1-4H3. The summed E-state index contributed by atoms with van der Waals surface area (Å²) < 4.78 is 33.8. The first kappa shape index (κ1) is 16.1. The van der Waals surface area contributed by atoms with Crippen molar-refractivity contribution in [3.05, 3.63) is 0 Å². The van der Waals surface area contributed by atoms with E-state index in [1.54, 1.807) is 0 Å². The van der Waals surface area contributed by atoms with Crippen molar-refractivity contribution < 1.29 is 28.4 Å². The summed E-state index contributed by atoms with van der Waals surface area (Å²) in [5.74, 6) is 0. The van der Waals surface area contributed by atoms with Crippen molar-refractivity contribution >= 4 is 0 Å². The van der Waals surface area contributed by atoms with Gasteiger partial charge in [-0.2, -0.15) is 0 Å². The Labute approximate surface area is 120 Å². The molecule has 2 fully saturated rings. The monoisotopic (exact) mass is 290 g/mol. The Morgan fingerprint density at radius 1 is 0.750 bits per heavy atom. The summed E-state index contributed by atoms with van der Waals surface area (Å²) in [6.07, 6.45) is -0.253. The zero-order chi connectivity index (χ0) is 14.5. The van der Waals surface area contributed by atoms with Gasteiger partial charge in [0.1, 0.15) is 38.0 Å². The van der Waals surface area contributed by atoms with Crippen molar-refractivity contribution in [2.75, 3.05) is 26.8 Å². The molecule has 4 atom stereocenters. The van der Waals surface area contributed by atoms with E-state index in [-0.39, 0.29) is 50.2 Å². The van der Waals surface area contributed by atoms with Crippen molar-refractivity contribution in [1.29, 1.82) is 0 Å². The Morgan fingerprint density at radius 2 is 1.15 bits per heavy atom. The fourth-order valence-corrected chi connectivity index (χ4v) is 2.29. The summed E-state index contributed by atoms with van der Waals surface area (Å²) in [6.45, 7) is 9.47. The average molecular weight is 290 g/mol. The van der Waals surface area contributed by atoms with Crippen LogP contribution < -0.4 is 0 Å². The van der Waals surface area contributed by atoms with Crippen molar-refractivity contribution in [2.24, 2.45) is 0 Å². The van der Waals surface area contributed by atoms with Crippen LogP contribution in [0.2, 0.25) is 0 Å². The molecule has 0 aromatic rings. The van der Waals surface area contributed by atoms with Crippen LogP contribution in [0, 0.1) is 0 Å². The van der Waals surface area contributed by atoms with Crippen molar-refractivity contribution in [3.8, 4) is 0 Å². The third kappa shape index (κ3) is 4.38. The van der Waals surface area contributed by atoms with Crippen LogP contribution in [0.5, 0.6) is 0 Å². The lowest BCUT2D eigenvalue weighted by Crippen LogP contribution is -2.59. The molecule has 20 heavy (non-hydrogen) atoms. The minimum absolute atomic E-state index is 0.124. The molecule has 0 amide bonds. The van der Waals surface area contributed by atoms with E-state index in [1.807, 2.05) is 27.7 Å². The van der Waals surface area contributed by atoms with Gasteiger partial charge in [0.05, 0.1) is 25.4 Å². The van der Waals surface area contributed by atoms with Crippen molar-refractivity contribution in [1.82, 2.24) is 0 Å². The van der Waals surface area contributed by atoms with Crippen LogP contribution in [0.3, 0.4) is 0 Å². The average Bonchev–Trinajstić information content (AvgIpc) is 2.42. The van der Waals surface area contributed by atoms with Gasteiger partial charge in [-0.15, -0.1) is 0 Å². The van der Waals surface area contributed by atoms with Crippen LogP contribution in [-0.4, -0.2) is 63.4 Å². The van der Waals surface area contributed by atoms with Gasteiger partial charge in [0.2, 0.25) is 0 Å². The van der Waals surface area contributed by atoms with Crippen LogP contribution in [-0.2, 0) is 28.4 Å². The summed E-state index contributed by atoms with van der Waals surface area (Å²) in [5, 5.41) is 0. The third-order valence-electron chi connectivity index (χ3n) is 3.33. The number of hydrogen-bond acceptors (Lipinski definition) is 6. The highest BCUT2D eigenvalue weighted by Crippen LogP contribution is 2.26. The Bertz CT molecular complexity index is 255. The molecule has 6 nitrogen and oxygen atoms in total. The van der Waals surface area contributed by atoms with Gasteiger partial charge >= 0.3 is 0 Å². The quantitative estimate of drug-likeness (QED) is 0.735. The maximum atomic E-state index is 5.66. The van der Waals surface area contributed by atoms with Crippen LogP contribution in [0.25, 0.3) is 0 Å². The number of ether oxygens (including phenoxy) is 6. The van der Waals surface area contributed by atoms with Gasteiger partial charge in [-0.1, -0.05) is 0 Å². The maximum absolute atomic E-state index is 5.66. The highest BCUT2D eigenvalue weighted by molar-refractivity contribution is 4.89. The molecule has 0 aliphatic carbocycles. The lowest BCUT2D eigenvalue weighted by molar-refractivity contribution is -0.332. The smallest absolute Gasteiger partial charge is 0.147 e. The summed E-state index contributed by atoms with van der Waals surface area (Å²) >= 11 is 0. The summed E-state index contributed by atoms with van der Waals surface area (Å²) in [7, 11) is 0. The molecule has 2 saturated heterocycles.